The van der Waals surface area contributed by atoms with Crippen molar-refractivity contribution in [1.82, 2.24) is 4.98 Å². The molecule has 1 N–H and O–H groups in total. The maximum atomic E-state index is 13.1. The fourth-order valence-electron chi connectivity index (χ4n) is 3.49. The number of rotatable bonds is 4. The molecule has 0 unspecified atom stereocenters. The first-order valence-electron chi connectivity index (χ1n) is 9.46. The van der Waals surface area contributed by atoms with Crippen LogP contribution in [0.1, 0.15) is 27.7 Å². The number of Topliss-reactive ketones (excluding diaryl/α,β-unsaturated/α-hetero) is 1. The Morgan fingerprint density at radius 1 is 1.16 bits per heavy atom. The zero-order valence-electron chi connectivity index (χ0n) is 17.0. The number of halogens is 1. The van der Waals surface area contributed by atoms with Crippen LogP contribution in [0.15, 0.2) is 54.1 Å². The van der Waals surface area contributed by atoms with Crippen LogP contribution in [0.4, 0.5) is 5.13 Å². The fraction of sp³-hybridized carbons (Fsp3) is 0.174. The SMILES string of the molecule is COc1ccc(/C(O)=C2\C(=O)C(=O)N(c3nc(C)c(C)s3)[C@@H]2c2cccc(Cl)c2)cc1. The van der Waals surface area contributed by atoms with Gasteiger partial charge in [-0.3, -0.25) is 14.5 Å². The Balaban J connectivity index is 1.93. The number of methoxy groups -OCH3 is 1. The highest BCUT2D eigenvalue weighted by atomic mass is 35.5. The molecule has 31 heavy (non-hydrogen) atoms. The molecule has 3 aromatic rings. The van der Waals surface area contributed by atoms with Crippen molar-refractivity contribution in [3.63, 3.8) is 0 Å². The van der Waals surface area contributed by atoms with Crippen LogP contribution >= 0.6 is 22.9 Å². The first-order valence-corrected chi connectivity index (χ1v) is 10.7. The number of ketones is 1. The summed E-state index contributed by atoms with van der Waals surface area (Å²) in [6.07, 6.45) is 0. The molecule has 8 heteroatoms. The third-order valence-corrected chi connectivity index (χ3v) is 6.50. The zero-order chi connectivity index (χ0) is 22.3. The number of anilines is 1. The monoisotopic (exact) mass is 454 g/mol. The molecule has 0 aliphatic carbocycles. The van der Waals surface area contributed by atoms with Gasteiger partial charge in [0.2, 0.25) is 0 Å². The topological polar surface area (TPSA) is 79.7 Å². The van der Waals surface area contributed by atoms with E-state index in [1.54, 1.807) is 48.5 Å². The molecule has 2 heterocycles. The molecule has 1 aliphatic heterocycles. The molecule has 0 radical (unpaired) electrons. The van der Waals surface area contributed by atoms with Gasteiger partial charge in [-0.15, -0.1) is 11.3 Å². The Kier molecular flexibility index (Phi) is 5.56. The van der Waals surface area contributed by atoms with Gasteiger partial charge in [0.15, 0.2) is 5.13 Å². The number of amides is 1. The third-order valence-electron chi connectivity index (χ3n) is 5.20. The molecular formula is C23H19ClN2O4S. The number of benzene rings is 2. The summed E-state index contributed by atoms with van der Waals surface area (Å²) in [6.45, 7) is 3.75. The van der Waals surface area contributed by atoms with E-state index in [9.17, 15) is 14.7 Å². The molecule has 1 saturated heterocycles. The molecule has 1 aliphatic rings. The number of hydrogen-bond acceptors (Lipinski definition) is 6. The van der Waals surface area contributed by atoms with Crippen molar-refractivity contribution < 1.29 is 19.4 Å². The van der Waals surface area contributed by atoms with Crippen molar-refractivity contribution in [2.45, 2.75) is 19.9 Å². The summed E-state index contributed by atoms with van der Waals surface area (Å²) in [4.78, 5) is 32.9. The van der Waals surface area contributed by atoms with Crippen molar-refractivity contribution in [3.8, 4) is 5.75 Å². The van der Waals surface area contributed by atoms with Crippen LogP contribution in [0, 0.1) is 13.8 Å². The van der Waals surface area contributed by atoms with E-state index in [2.05, 4.69) is 4.98 Å². The average Bonchev–Trinajstić information content (AvgIpc) is 3.23. The van der Waals surface area contributed by atoms with Gasteiger partial charge >= 0.3 is 5.91 Å². The summed E-state index contributed by atoms with van der Waals surface area (Å²) >= 11 is 7.53. The van der Waals surface area contributed by atoms with Crippen LogP contribution in [0.2, 0.25) is 5.02 Å². The number of carbonyl (C=O) groups excluding carboxylic acids is 2. The predicted molar refractivity (Wildman–Crippen MR) is 121 cm³/mol. The molecule has 0 spiro atoms. The molecule has 0 saturated carbocycles. The number of thiazole rings is 1. The van der Waals surface area contributed by atoms with Gasteiger partial charge in [0.25, 0.3) is 5.78 Å². The highest BCUT2D eigenvalue weighted by molar-refractivity contribution is 7.16. The van der Waals surface area contributed by atoms with Crippen LogP contribution in [0.5, 0.6) is 5.75 Å². The van der Waals surface area contributed by atoms with E-state index in [1.165, 1.54) is 23.3 Å². The summed E-state index contributed by atoms with van der Waals surface area (Å²) in [5.41, 5.74) is 1.77. The van der Waals surface area contributed by atoms with Crippen molar-refractivity contribution in [2.24, 2.45) is 0 Å². The predicted octanol–water partition coefficient (Wildman–Crippen LogP) is 5.05. The highest BCUT2D eigenvalue weighted by Gasteiger charge is 2.48. The van der Waals surface area contributed by atoms with Crippen molar-refractivity contribution in [3.05, 3.63) is 80.8 Å². The molecular weight excluding hydrogens is 436 g/mol. The lowest BCUT2D eigenvalue weighted by Crippen LogP contribution is -2.29. The van der Waals surface area contributed by atoms with Gasteiger partial charge in [-0.2, -0.15) is 0 Å². The van der Waals surface area contributed by atoms with E-state index in [1.807, 2.05) is 13.8 Å². The van der Waals surface area contributed by atoms with E-state index in [0.29, 0.717) is 27.0 Å². The lowest BCUT2D eigenvalue weighted by molar-refractivity contribution is -0.132. The number of nitrogens with zero attached hydrogens (tertiary/aromatic N) is 2. The molecule has 158 valence electrons. The standard InChI is InChI=1S/C23H19ClN2O4S/c1-12-13(2)31-23(25-12)26-19(15-5-4-6-16(24)11-15)18(21(28)22(26)29)20(27)14-7-9-17(30-3)10-8-14/h4-11,19,27H,1-3H3/b20-18+/t19-/m1/s1. The number of aryl methyl sites for hydroxylation is 2. The Morgan fingerprint density at radius 3 is 2.45 bits per heavy atom. The first kappa shape index (κ1) is 21.1. The number of carbonyl (C=O) groups is 2. The van der Waals surface area contributed by atoms with Gasteiger partial charge in [0, 0.05) is 15.5 Å². The minimum Gasteiger partial charge on any atom is -0.507 e. The van der Waals surface area contributed by atoms with Crippen LogP contribution in [-0.2, 0) is 9.59 Å². The van der Waals surface area contributed by atoms with Gasteiger partial charge in [-0.1, -0.05) is 23.7 Å². The number of aromatic nitrogens is 1. The summed E-state index contributed by atoms with van der Waals surface area (Å²) in [7, 11) is 1.54. The van der Waals surface area contributed by atoms with E-state index in [0.717, 1.165) is 10.6 Å². The second-order valence-corrected chi connectivity index (χ2v) is 8.71. The average molecular weight is 455 g/mol. The minimum absolute atomic E-state index is 0.0112. The van der Waals surface area contributed by atoms with E-state index in [4.69, 9.17) is 16.3 Å². The molecule has 1 aromatic heterocycles. The van der Waals surface area contributed by atoms with Crippen LogP contribution in [0.3, 0.4) is 0 Å². The highest BCUT2D eigenvalue weighted by Crippen LogP contribution is 2.44. The first-order chi connectivity index (χ1) is 14.8. The summed E-state index contributed by atoms with van der Waals surface area (Å²) < 4.78 is 5.16. The second kappa shape index (κ2) is 8.17. The summed E-state index contributed by atoms with van der Waals surface area (Å²) in [5.74, 6) is -1.17. The number of ether oxygens (including phenoxy) is 1. The van der Waals surface area contributed by atoms with E-state index < -0.39 is 17.7 Å². The lowest BCUT2D eigenvalue weighted by Gasteiger charge is -2.23. The number of hydrogen-bond donors (Lipinski definition) is 1. The number of aliphatic hydroxyl groups is 1. The molecule has 1 amide bonds. The Bertz CT molecular complexity index is 1200. The smallest absolute Gasteiger partial charge is 0.301 e. The second-order valence-electron chi connectivity index (χ2n) is 7.09. The summed E-state index contributed by atoms with van der Waals surface area (Å²) in [5, 5.41) is 11.9. The fourth-order valence-corrected chi connectivity index (χ4v) is 4.62. The van der Waals surface area contributed by atoms with Crippen LogP contribution in [0.25, 0.3) is 5.76 Å². The van der Waals surface area contributed by atoms with Gasteiger partial charge in [0.05, 0.1) is 24.4 Å². The largest absolute Gasteiger partial charge is 0.507 e. The van der Waals surface area contributed by atoms with Crippen molar-refractivity contribution in [1.29, 1.82) is 0 Å². The van der Waals surface area contributed by atoms with Gasteiger partial charge in [-0.05, 0) is 55.8 Å². The maximum Gasteiger partial charge on any atom is 0.301 e. The molecule has 1 fully saturated rings. The normalized spacial score (nSPS) is 17.9. The van der Waals surface area contributed by atoms with E-state index >= 15 is 0 Å². The molecule has 4 rings (SSSR count). The Morgan fingerprint density at radius 2 is 1.87 bits per heavy atom. The number of aliphatic hydroxyl groups excluding tert-OH is 1. The molecule has 0 bridgehead atoms. The van der Waals surface area contributed by atoms with Crippen LogP contribution in [-0.4, -0.2) is 28.9 Å². The Labute approximate surface area is 188 Å². The lowest BCUT2D eigenvalue weighted by atomic mass is 9.95. The Hall–Kier alpha value is -3.16. The third kappa shape index (κ3) is 3.71. The van der Waals surface area contributed by atoms with Crippen molar-refractivity contribution >= 4 is 45.5 Å². The van der Waals surface area contributed by atoms with Gasteiger partial charge in [-0.25, -0.2) is 4.98 Å². The summed E-state index contributed by atoms with van der Waals surface area (Å²) in [6, 6.07) is 12.7. The maximum absolute atomic E-state index is 13.1. The molecule has 1 atom stereocenters. The van der Waals surface area contributed by atoms with E-state index in [-0.39, 0.29) is 11.3 Å². The van der Waals surface area contributed by atoms with Crippen LogP contribution < -0.4 is 9.64 Å². The zero-order valence-corrected chi connectivity index (χ0v) is 18.6. The molecule has 6 nitrogen and oxygen atoms in total. The minimum atomic E-state index is -0.856. The quantitative estimate of drug-likeness (QED) is 0.339. The van der Waals surface area contributed by atoms with Gasteiger partial charge in [0.1, 0.15) is 11.5 Å². The van der Waals surface area contributed by atoms with Gasteiger partial charge < -0.3 is 9.84 Å². The van der Waals surface area contributed by atoms with Crippen molar-refractivity contribution in [2.75, 3.05) is 12.0 Å². The molecule has 2 aromatic carbocycles.